The van der Waals surface area contributed by atoms with Crippen molar-refractivity contribution in [2.75, 3.05) is 13.1 Å². The van der Waals surface area contributed by atoms with Crippen LogP contribution in [0.4, 0.5) is 0 Å². The Kier molecular flexibility index (Phi) is 4.04. The Labute approximate surface area is 124 Å². The molecule has 8 heteroatoms. The number of hydrogen-bond acceptors (Lipinski definition) is 5. The fourth-order valence-electron chi connectivity index (χ4n) is 3.45. The quantitative estimate of drug-likeness (QED) is 0.733. The predicted octanol–water partition coefficient (Wildman–Crippen LogP) is 0.116. The number of fused-ring (bicyclic) bond motifs is 1. The highest BCUT2D eigenvalue weighted by atomic mass is 32.2. The van der Waals surface area contributed by atoms with Crippen LogP contribution in [0.3, 0.4) is 0 Å². The van der Waals surface area contributed by atoms with Gasteiger partial charge in [-0.25, -0.2) is 13.1 Å². The molecule has 21 heavy (non-hydrogen) atoms. The van der Waals surface area contributed by atoms with Crippen molar-refractivity contribution >= 4 is 10.0 Å². The van der Waals surface area contributed by atoms with E-state index >= 15 is 0 Å². The largest absolute Gasteiger partial charge is 0.392 e. The van der Waals surface area contributed by atoms with Crippen molar-refractivity contribution < 1.29 is 13.5 Å². The average Bonchev–Trinajstić information content (AvgIpc) is 3.03. The predicted molar refractivity (Wildman–Crippen MR) is 77.2 cm³/mol. The first-order valence-corrected chi connectivity index (χ1v) is 8.90. The molecule has 0 spiro atoms. The van der Waals surface area contributed by atoms with E-state index in [1.54, 1.807) is 6.92 Å². The van der Waals surface area contributed by atoms with Gasteiger partial charge in [-0.3, -0.25) is 5.10 Å². The van der Waals surface area contributed by atoms with E-state index in [2.05, 4.69) is 19.8 Å². The minimum Gasteiger partial charge on any atom is -0.392 e. The molecular weight excluding hydrogens is 292 g/mol. The first kappa shape index (κ1) is 15.0. The van der Waals surface area contributed by atoms with E-state index in [-0.39, 0.29) is 17.7 Å². The van der Waals surface area contributed by atoms with Gasteiger partial charge in [0, 0.05) is 23.3 Å². The van der Waals surface area contributed by atoms with Crippen LogP contribution < -0.4 is 4.72 Å². The molecule has 2 saturated heterocycles. The van der Waals surface area contributed by atoms with Crippen molar-refractivity contribution in [3.8, 4) is 0 Å². The van der Waals surface area contributed by atoms with E-state index in [1.165, 1.54) is 6.42 Å². The summed E-state index contributed by atoms with van der Waals surface area (Å²) in [6.07, 6.45) is 4.05. The van der Waals surface area contributed by atoms with Crippen molar-refractivity contribution in [2.45, 2.75) is 56.3 Å². The van der Waals surface area contributed by atoms with Crippen molar-refractivity contribution in [2.24, 2.45) is 0 Å². The van der Waals surface area contributed by atoms with Gasteiger partial charge in [0.15, 0.2) is 5.03 Å². The number of aromatic amines is 1. The topological polar surface area (TPSA) is 98.3 Å². The van der Waals surface area contributed by atoms with Gasteiger partial charge < -0.3 is 10.0 Å². The van der Waals surface area contributed by atoms with E-state index < -0.39 is 10.0 Å². The highest BCUT2D eigenvalue weighted by Gasteiger charge is 2.34. The second kappa shape index (κ2) is 5.68. The molecule has 0 bridgehead atoms. The van der Waals surface area contributed by atoms with Crippen LogP contribution in [0.5, 0.6) is 0 Å². The number of aliphatic hydroxyl groups is 1. The number of sulfonamides is 1. The van der Waals surface area contributed by atoms with E-state index in [0.717, 1.165) is 32.4 Å². The number of hydrogen-bond donors (Lipinski definition) is 3. The molecule has 7 nitrogen and oxygen atoms in total. The third-order valence-electron chi connectivity index (χ3n) is 4.59. The lowest BCUT2D eigenvalue weighted by Crippen LogP contribution is -2.47. The molecule has 2 aliphatic heterocycles. The molecule has 2 aliphatic rings. The van der Waals surface area contributed by atoms with Crippen molar-refractivity contribution in [1.29, 1.82) is 0 Å². The van der Waals surface area contributed by atoms with Gasteiger partial charge in [0.05, 0.1) is 6.61 Å². The number of nitrogens with one attached hydrogen (secondary N) is 2. The summed E-state index contributed by atoms with van der Waals surface area (Å²) in [6, 6.07) is 0.461. The molecule has 3 rings (SSSR count). The highest BCUT2D eigenvalue weighted by molar-refractivity contribution is 7.89. The molecule has 3 N–H and O–H groups in total. The Bertz CT molecular complexity index is 613. The fraction of sp³-hybridized carbons (Fsp3) is 0.769. The Hall–Kier alpha value is -0.960. The lowest BCUT2D eigenvalue weighted by Gasteiger charge is -2.34. The van der Waals surface area contributed by atoms with Crippen molar-refractivity contribution in [3.05, 3.63) is 11.3 Å². The van der Waals surface area contributed by atoms with E-state index in [9.17, 15) is 13.5 Å². The van der Waals surface area contributed by atoms with Gasteiger partial charge in [0.25, 0.3) is 10.0 Å². The molecule has 0 aromatic carbocycles. The number of rotatable bonds is 4. The summed E-state index contributed by atoms with van der Waals surface area (Å²) in [7, 11) is -3.68. The smallest absolute Gasteiger partial charge is 0.260 e. The van der Waals surface area contributed by atoms with Crippen LogP contribution in [-0.4, -0.2) is 53.8 Å². The highest BCUT2D eigenvalue weighted by Crippen LogP contribution is 2.28. The molecule has 2 atom stereocenters. The van der Waals surface area contributed by atoms with Crippen LogP contribution >= 0.6 is 0 Å². The molecule has 1 aromatic heterocycles. The maximum Gasteiger partial charge on any atom is 0.260 e. The standard InChI is InChI=1S/C13H22N4O3S/c1-9-12(8-18)13(15-14-9)21(19,20)16-10-4-6-17-5-2-3-11(17)7-10/h10-11,16,18H,2-8H2,1H3,(H,14,15). The van der Waals surface area contributed by atoms with Gasteiger partial charge in [-0.05, 0) is 45.7 Å². The fourth-order valence-corrected chi connectivity index (χ4v) is 4.92. The van der Waals surface area contributed by atoms with Gasteiger partial charge in [-0.15, -0.1) is 0 Å². The number of aliphatic hydroxyl groups excluding tert-OH is 1. The lowest BCUT2D eigenvalue weighted by atomic mass is 9.99. The molecule has 3 heterocycles. The monoisotopic (exact) mass is 314 g/mol. The summed E-state index contributed by atoms with van der Waals surface area (Å²) >= 11 is 0. The van der Waals surface area contributed by atoms with Crippen molar-refractivity contribution in [1.82, 2.24) is 19.8 Å². The Balaban J connectivity index is 1.74. The van der Waals surface area contributed by atoms with Crippen LogP contribution in [0, 0.1) is 6.92 Å². The maximum absolute atomic E-state index is 12.5. The van der Waals surface area contributed by atoms with Crippen molar-refractivity contribution in [3.63, 3.8) is 0 Å². The zero-order chi connectivity index (χ0) is 15.0. The zero-order valence-electron chi connectivity index (χ0n) is 12.2. The lowest BCUT2D eigenvalue weighted by molar-refractivity contribution is 0.176. The van der Waals surface area contributed by atoms with E-state index in [0.29, 0.717) is 17.3 Å². The van der Waals surface area contributed by atoms with Gasteiger partial charge in [-0.1, -0.05) is 0 Å². The molecule has 0 saturated carbocycles. The first-order valence-electron chi connectivity index (χ1n) is 7.42. The summed E-state index contributed by atoms with van der Waals surface area (Å²) in [6.45, 7) is 3.45. The summed E-state index contributed by atoms with van der Waals surface area (Å²) < 4.78 is 27.7. The molecule has 1 aromatic rings. The Morgan fingerprint density at radius 2 is 2.24 bits per heavy atom. The van der Waals surface area contributed by atoms with E-state index in [1.807, 2.05) is 0 Å². The average molecular weight is 314 g/mol. The summed E-state index contributed by atoms with van der Waals surface area (Å²) in [5, 5.41) is 15.7. The molecule has 0 radical (unpaired) electrons. The third kappa shape index (κ3) is 2.85. The molecule has 0 amide bonds. The minimum atomic E-state index is -3.68. The molecule has 2 fully saturated rings. The minimum absolute atomic E-state index is 0.0436. The summed E-state index contributed by atoms with van der Waals surface area (Å²) in [5.74, 6) is 0. The Morgan fingerprint density at radius 1 is 1.43 bits per heavy atom. The normalized spacial score (nSPS) is 27.0. The van der Waals surface area contributed by atoms with Gasteiger partial charge in [0.1, 0.15) is 0 Å². The molecule has 0 aliphatic carbocycles. The number of aromatic nitrogens is 2. The van der Waals surface area contributed by atoms with Crippen LogP contribution in [0.1, 0.15) is 36.9 Å². The van der Waals surface area contributed by atoms with Crippen LogP contribution in [0.2, 0.25) is 0 Å². The summed E-state index contributed by atoms with van der Waals surface area (Å²) in [4.78, 5) is 2.45. The van der Waals surface area contributed by atoms with Gasteiger partial charge >= 0.3 is 0 Å². The SMILES string of the molecule is Cc1[nH]nc(S(=O)(=O)NC2CCN3CCCC3C2)c1CO. The van der Waals surface area contributed by atoms with Crippen LogP contribution in [0.25, 0.3) is 0 Å². The molecule has 2 unspecified atom stereocenters. The first-order chi connectivity index (χ1) is 10.0. The molecule has 118 valence electrons. The number of H-pyrrole nitrogens is 1. The van der Waals surface area contributed by atoms with Crippen LogP contribution in [0.15, 0.2) is 5.03 Å². The van der Waals surface area contributed by atoms with Gasteiger partial charge in [-0.2, -0.15) is 5.10 Å². The number of nitrogens with zero attached hydrogens (tertiary/aromatic N) is 2. The summed E-state index contributed by atoms with van der Waals surface area (Å²) in [5.41, 5.74) is 0.935. The van der Waals surface area contributed by atoms with E-state index in [4.69, 9.17) is 0 Å². The number of aryl methyl sites for hydroxylation is 1. The zero-order valence-corrected chi connectivity index (χ0v) is 13.0. The Morgan fingerprint density at radius 3 is 3.00 bits per heavy atom. The number of piperidine rings is 1. The second-order valence-corrected chi connectivity index (χ2v) is 7.59. The van der Waals surface area contributed by atoms with Crippen LogP contribution in [-0.2, 0) is 16.6 Å². The third-order valence-corrected chi connectivity index (χ3v) is 6.08. The van der Waals surface area contributed by atoms with Gasteiger partial charge in [0.2, 0.25) is 0 Å². The maximum atomic E-state index is 12.5. The second-order valence-electron chi connectivity index (χ2n) is 5.97. The molecular formula is C13H22N4O3S.